The van der Waals surface area contributed by atoms with Gasteiger partial charge in [-0.1, -0.05) is 45.1 Å². The average Bonchev–Trinajstić information content (AvgIpc) is 2.84. The van der Waals surface area contributed by atoms with Gasteiger partial charge in [0.1, 0.15) is 17.6 Å². The topological polar surface area (TPSA) is 161 Å². The van der Waals surface area contributed by atoms with Crippen LogP contribution in [0.3, 0.4) is 0 Å². The van der Waals surface area contributed by atoms with Crippen LogP contribution in [0.5, 0.6) is 11.5 Å². The summed E-state index contributed by atoms with van der Waals surface area (Å²) in [6.45, 7) is 9.00. The van der Waals surface area contributed by atoms with E-state index in [-0.39, 0.29) is 46.9 Å². The third kappa shape index (κ3) is 8.32. The molecule has 1 aromatic rings. The van der Waals surface area contributed by atoms with Crippen LogP contribution in [-0.4, -0.2) is 59.9 Å². The van der Waals surface area contributed by atoms with Crippen molar-refractivity contribution in [3.8, 4) is 11.5 Å². The number of nitrogens with two attached hydrogens (primary N) is 1. The van der Waals surface area contributed by atoms with E-state index in [1.807, 2.05) is 33.8 Å². The number of benzene rings is 1. The Labute approximate surface area is 230 Å². The Kier molecular flexibility index (Phi) is 11.6. The molecule has 2 bridgehead atoms. The fourth-order valence-electron chi connectivity index (χ4n) is 5.10. The van der Waals surface area contributed by atoms with Crippen molar-refractivity contribution in [2.24, 2.45) is 23.5 Å². The summed E-state index contributed by atoms with van der Waals surface area (Å²) in [6.07, 6.45) is 3.28. The van der Waals surface area contributed by atoms with Crippen LogP contribution >= 0.6 is 0 Å². The smallest absolute Gasteiger partial charge is 0.405 e. The highest BCUT2D eigenvalue weighted by molar-refractivity contribution is 6.04. The summed E-state index contributed by atoms with van der Waals surface area (Å²) in [5.41, 5.74) is 6.69. The summed E-state index contributed by atoms with van der Waals surface area (Å²) >= 11 is 0. The SMILES string of the molecule is COC1c2cc(O)cc(c2O)NC(=O)C(C)=CC=CC(C)C(OC(N)=O)C(C)=CC(C)C(OC)C(O)CC1C. The second-order valence-electron chi connectivity index (χ2n) is 10.2. The molecule has 0 aliphatic carbocycles. The first-order valence-electron chi connectivity index (χ1n) is 12.9. The lowest BCUT2D eigenvalue weighted by Gasteiger charge is -2.31. The molecular formula is C29H42N2O8. The predicted octanol–water partition coefficient (Wildman–Crippen LogP) is 4.32. The highest BCUT2D eigenvalue weighted by Crippen LogP contribution is 2.41. The monoisotopic (exact) mass is 546 g/mol. The molecule has 1 aromatic carbocycles. The molecule has 0 radical (unpaired) electrons. The van der Waals surface area contributed by atoms with Gasteiger partial charge in [0.2, 0.25) is 0 Å². The molecule has 0 saturated carbocycles. The number of primary amides is 1. The Hall–Kier alpha value is -3.34. The minimum absolute atomic E-state index is 0.0194. The summed E-state index contributed by atoms with van der Waals surface area (Å²) in [6, 6.07) is 2.62. The van der Waals surface area contributed by atoms with E-state index in [1.54, 1.807) is 25.2 Å². The van der Waals surface area contributed by atoms with Crippen molar-refractivity contribution in [1.82, 2.24) is 0 Å². The van der Waals surface area contributed by atoms with Crippen molar-refractivity contribution in [3.05, 3.63) is 53.1 Å². The van der Waals surface area contributed by atoms with Crippen LogP contribution in [0, 0.1) is 17.8 Å². The maximum atomic E-state index is 12.8. The Morgan fingerprint density at radius 2 is 1.72 bits per heavy atom. The number of methoxy groups -OCH3 is 2. The molecule has 0 aromatic heterocycles. The lowest BCUT2D eigenvalue weighted by molar-refractivity contribution is -0.112. The predicted molar refractivity (Wildman–Crippen MR) is 148 cm³/mol. The summed E-state index contributed by atoms with van der Waals surface area (Å²) in [5.74, 6) is -1.83. The Balaban J connectivity index is 2.63. The molecule has 7 atom stereocenters. The Morgan fingerprint density at radius 1 is 1.05 bits per heavy atom. The first-order valence-corrected chi connectivity index (χ1v) is 12.9. The van der Waals surface area contributed by atoms with Crippen LogP contribution in [-0.2, 0) is 19.0 Å². The first-order chi connectivity index (χ1) is 18.3. The van der Waals surface area contributed by atoms with E-state index in [9.17, 15) is 24.9 Å². The maximum absolute atomic E-state index is 12.8. The van der Waals surface area contributed by atoms with Crippen molar-refractivity contribution in [2.45, 2.75) is 65.5 Å². The third-order valence-corrected chi connectivity index (χ3v) is 7.05. The molecule has 10 heteroatoms. The van der Waals surface area contributed by atoms with Gasteiger partial charge >= 0.3 is 6.09 Å². The van der Waals surface area contributed by atoms with Crippen LogP contribution in [0.2, 0.25) is 0 Å². The zero-order valence-electron chi connectivity index (χ0n) is 23.7. The average molecular weight is 547 g/mol. The van der Waals surface area contributed by atoms with Crippen LogP contribution < -0.4 is 11.1 Å². The van der Waals surface area contributed by atoms with E-state index >= 15 is 0 Å². The van der Waals surface area contributed by atoms with Crippen molar-refractivity contribution < 1.29 is 39.1 Å². The summed E-state index contributed by atoms with van der Waals surface area (Å²) < 4.78 is 16.8. The number of carbonyl (C=O) groups excluding carboxylic acids is 2. The number of phenolic OH excluding ortho intramolecular Hbond substituents is 2. The van der Waals surface area contributed by atoms with Gasteiger partial charge in [0.15, 0.2) is 0 Å². The Bertz CT molecular complexity index is 1110. The second kappa shape index (κ2) is 14.2. The molecule has 2 amide bonds. The molecule has 0 fully saturated rings. The molecule has 0 spiro atoms. The molecule has 39 heavy (non-hydrogen) atoms. The number of rotatable bonds is 3. The number of anilines is 1. The number of aliphatic hydroxyl groups is 1. The second-order valence-corrected chi connectivity index (χ2v) is 10.2. The van der Waals surface area contributed by atoms with Gasteiger partial charge in [-0.05, 0) is 37.8 Å². The molecule has 0 saturated heterocycles. The van der Waals surface area contributed by atoms with Crippen LogP contribution in [0.25, 0.3) is 0 Å². The number of fused-ring (bicyclic) bond motifs is 2. The number of hydrogen-bond donors (Lipinski definition) is 5. The number of aromatic hydroxyl groups is 2. The zero-order chi connectivity index (χ0) is 29.4. The largest absolute Gasteiger partial charge is 0.508 e. The molecular weight excluding hydrogens is 504 g/mol. The number of hydrogen-bond acceptors (Lipinski definition) is 8. The molecule has 1 heterocycles. The highest BCUT2D eigenvalue weighted by atomic mass is 16.6. The summed E-state index contributed by atoms with van der Waals surface area (Å²) in [4.78, 5) is 24.5. The number of phenols is 2. The number of nitrogens with one attached hydrogen (secondary N) is 1. The van der Waals surface area contributed by atoms with Crippen LogP contribution in [0.15, 0.2) is 47.6 Å². The van der Waals surface area contributed by atoms with Crippen LogP contribution in [0.1, 0.15) is 52.7 Å². The van der Waals surface area contributed by atoms with E-state index in [4.69, 9.17) is 19.9 Å². The molecule has 7 unspecified atom stereocenters. The Morgan fingerprint density at radius 3 is 2.31 bits per heavy atom. The van der Waals surface area contributed by atoms with Gasteiger partial charge in [0.05, 0.1) is 24.0 Å². The summed E-state index contributed by atoms with van der Waals surface area (Å²) in [5, 5.41) is 35.2. The lowest BCUT2D eigenvalue weighted by atomic mass is 9.86. The van der Waals surface area contributed by atoms with Crippen molar-refractivity contribution in [1.29, 1.82) is 0 Å². The van der Waals surface area contributed by atoms with Gasteiger partial charge in [-0.2, -0.15) is 0 Å². The van der Waals surface area contributed by atoms with Crippen molar-refractivity contribution in [3.63, 3.8) is 0 Å². The van der Waals surface area contributed by atoms with Crippen LogP contribution in [0.4, 0.5) is 10.5 Å². The van der Waals surface area contributed by atoms with Gasteiger partial charge in [-0.15, -0.1) is 0 Å². The number of allylic oxidation sites excluding steroid dienone is 2. The summed E-state index contributed by atoms with van der Waals surface area (Å²) in [7, 11) is 2.97. The fourth-order valence-corrected chi connectivity index (χ4v) is 5.10. The van der Waals surface area contributed by atoms with E-state index < -0.39 is 36.4 Å². The number of carbonyl (C=O) groups is 2. The minimum Gasteiger partial charge on any atom is -0.508 e. The van der Waals surface area contributed by atoms with Gasteiger partial charge in [-0.25, -0.2) is 4.79 Å². The van der Waals surface area contributed by atoms with Gasteiger partial charge in [0.25, 0.3) is 5.91 Å². The lowest BCUT2D eigenvalue weighted by Crippen LogP contribution is -2.36. The van der Waals surface area contributed by atoms with E-state index in [0.717, 1.165) is 5.57 Å². The first kappa shape index (κ1) is 31.9. The van der Waals surface area contributed by atoms with Gasteiger partial charge < -0.3 is 40.6 Å². The number of amides is 2. The number of ether oxygens (including phenoxy) is 3. The number of aliphatic hydroxyl groups excluding tert-OH is 1. The van der Waals surface area contributed by atoms with E-state index in [0.29, 0.717) is 5.57 Å². The molecule has 10 nitrogen and oxygen atoms in total. The molecule has 2 rings (SSSR count). The molecule has 1 aliphatic rings. The standard InChI is InChI=1S/C29H42N2O8/c1-15-9-8-10-16(2)28(35)31-22-14-20(32)13-21(24(22)34)26(37-6)19(5)12-23(33)27(38-7)18(4)11-17(3)25(15)39-29(30)36/h8-11,13-15,18-19,23,25-27,32-34H,12H2,1-7H3,(H2,30,36)(H,31,35). The zero-order valence-corrected chi connectivity index (χ0v) is 23.7. The molecule has 216 valence electrons. The maximum Gasteiger partial charge on any atom is 0.405 e. The van der Waals surface area contributed by atoms with Crippen molar-refractivity contribution >= 4 is 17.7 Å². The molecule has 1 aliphatic heterocycles. The fraction of sp³-hybridized carbons (Fsp3) is 0.517. The third-order valence-electron chi connectivity index (χ3n) is 7.05. The van der Waals surface area contributed by atoms with E-state index in [2.05, 4.69) is 5.32 Å². The quantitative estimate of drug-likeness (QED) is 0.213. The van der Waals surface area contributed by atoms with Gasteiger partial charge in [0, 0.05) is 43.3 Å². The normalized spacial score (nSPS) is 29.2. The minimum atomic E-state index is -0.929. The van der Waals surface area contributed by atoms with Crippen molar-refractivity contribution in [2.75, 3.05) is 19.5 Å². The highest BCUT2D eigenvalue weighted by Gasteiger charge is 2.32. The van der Waals surface area contributed by atoms with Gasteiger partial charge in [-0.3, -0.25) is 4.79 Å². The molecule has 6 N–H and O–H groups in total. The van der Waals surface area contributed by atoms with E-state index in [1.165, 1.54) is 26.4 Å².